The van der Waals surface area contributed by atoms with Crippen molar-refractivity contribution in [2.75, 3.05) is 34.8 Å². The van der Waals surface area contributed by atoms with Crippen molar-refractivity contribution < 1.29 is 14.3 Å². The highest BCUT2D eigenvalue weighted by atomic mass is 16.5. The van der Waals surface area contributed by atoms with Crippen LogP contribution >= 0.6 is 0 Å². The molecule has 2 aromatic carbocycles. The fourth-order valence-corrected chi connectivity index (χ4v) is 3.76. The molecular formula is C22H25N3O3. The number of nitrogens with one attached hydrogen (secondary N) is 1. The molecular weight excluding hydrogens is 354 g/mol. The highest BCUT2D eigenvalue weighted by molar-refractivity contribution is 6.00. The molecule has 2 aromatic rings. The first-order valence-corrected chi connectivity index (χ1v) is 9.84. The molecule has 0 bridgehead atoms. The van der Waals surface area contributed by atoms with Gasteiger partial charge in [-0.3, -0.25) is 9.59 Å². The van der Waals surface area contributed by atoms with Gasteiger partial charge in [0.15, 0.2) is 6.10 Å². The van der Waals surface area contributed by atoms with Gasteiger partial charge < -0.3 is 19.9 Å². The maximum atomic E-state index is 12.5. The molecule has 0 aromatic heterocycles. The first-order chi connectivity index (χ1) is 13.6. The molecule has 2 heterocycles. The summed E-state index contributed by atoms with van der Waals surface area (Å²) in [5, 5.41) is 2.92. The predicted octanol–water partition coefficient (Wildman–Crippen LogP) is 3.43. The van der Waals surface area contributed by atoms with E-state index < -0.39 is 6.10 Å². The lowest BCUT2D eigenvalue weighted by Crippen LogP contribution is -2.45. The monoisotopic (exact) mass is 379 g/mol. The Labute approximate surface area is 165 Å². The average molecular weight is 379 g/mol. The van der Waals surface area contributed by atoms with Gasteiger partial charge in [-0.15, -0.1) is 0 Å². The lowest BCUT2D eigenvalue weighted by molar-refractivity contribution is -0.125. The lowest BCUT2D eigenvalue weighted by atomic mass is 10.1. The van der Waals surface area contributed by atoms with Crippen LogP contribution in [0.15, 0.2) is 48.5 Å². The topological polar surface area (TPSA) is 61.9 Å². The van der Waals surface area contributed by atoms with Gasteiger partial charge in [0.05, 0.1) is 5.69 Å². The van der Waals surface area contributed by atoms with Crippen molar-refractivity contribution in [3.05, 3.63) is 48.5 Å². The number of hydrogen-bond donors (Lipinski definition) is 1. The number of anilines is 3. The number of fused-ring (bicyclic) bond motifs is 1. The molecule has 0 spiro atoms. The Kier molecular flexibility index (Phi) is 5.19. The largest absolute Gasteiger partial charge is 0.479 e. The number of nitrogens with zero attached hydrogens (tertiary/aromatic N) is 2. The van der Waals surface area contributed by atoms with Gasteiger partial charge in [-0.05, 0) is 56.2 Å². The van der Waals surface area contributed by atoms with Crippen LogP contribution in [-0.4, -0.2) is 37.6 Å². The van der Waals surface area contributed by atoms with Crippen molar-refractivity contribution in [3.8, 4) is 5.75 Å². The number of amides is 2. The maximum absolute atomic E-state index is 12.5. The van der Waals surface area contributed by atoms with Crippen LogP contribution in [0, 0.1) is 0 Å². The van der Waals surface area contributed by atoms with Gasteiger partial charge in [0.25, 0.3) is 5.91 Å². The summed E-state index contributed by atoms with van der Waals surface area (Å²) < 4.78 is 5.63. The molecule has 1 fully saturated rings. The quantitative estimate of drug-likeness (QED) is 0.865. The van der Waals surface area contributed by atoms with Crippen molar-refractivity contribution >= 4 is 28.9 Å². The van der Waals surface area contributed by atoms with Gasteiger partial charge in [0.1, 0.15) is 5.75 Å². The van der Waals surface area contributed by atoms with E-state index in [1.54, 1.807) is 11.8 Å². The molecule has 6 nitrogen and oxygen atoms in total. The molecule has 1 N–H and O–H groups in total. The highest BCUT2D eigenvalue weighted by Crippen LogP contribution is 2.33. The van der Waals surface area contributed by atoms with Crippen LogP contribution in [0.4, 0.5) is 17.1 Å². The van der Waals surface area contributed by atoms with E-state index in [9.17, 15) is 9.59 Å². The number of ether oxygens (including phenoxy) is 1. The fourth-order valence-electron chi connectivity index (χ4n) is 3.76. The number of rotatable bonds is 5. The number of para-hydroxylation sites is 2. The second-order valence-corrected chi connectivity index (χ2v) is 7.26. The van der Waals surface area contributed by atoms with Crippen molar-refractivity contribution in [2.45, 2.75) is 32.3 Å². The minimum Gasteiger partial charge on any atom is -0.479 e. The summed E-state index contributed by atoms with van der Waals surface area (Å²) in [6.07, 6.45) is 2.15. The third-order valence-corrected chi connectivity index (χ3v) is 5.26. The Morgan fingerprint density at radius 2 is 1.82 bits per heavy atom. The van der Waals surface area contributed by atoms with Crippen molar-refractivity contribution in [1.29, 1.82) is 0 Å². The Morgan fingerprint density at radius 3 is 2.57 bits per heavy atom. The Morgan fingerprint density at radius 1 is 1.11 bits per heavy atom. The van der Waals surface area contributed by atoms with E-state index >= 15 is 0 Å². The SMILES string of the molecule is CC1Oc2ccccc2N(CCC(=O)Nc2ccc(N3CCCC3)cc2)C1=O. The molecule has 1 saturated heterocycles. The van der Waals surface area contributed by atoms with Gasteiger partial charge in [-0.1, -0.05) is 12.1 Å². The summed E-state index contributed by atoms with van der Waals surface area (Å²) in [4.78, 5) is 28.9. The zero-order chi connectivity index (χ0) is 19.5. The summed E-state index contributed by atoms with van der Waals surface area (Å²) in [5.41, 5.74) is 2.68. The number of benzene rings is 2. The molecule has 28 heavy (non-hydrogen) atoms. The number of hydrogen-bond acceptors (Lipinski definition) is 4. The molecule has 4 rings (SSSR count). The smallest absolute Gasteiger partial charge is 0.267 e. The van der Waals surface area contributed by atoms with E-state index in [1.165, 1.54) is 18.5 Å². The molecule has 0 radical (unpaired) electrons. The van der Waals surface area contributed by atoms with E-state index in [0.29, 0.717) is 18.0 Å². The Bertz CT molecular complexity index is 860. The maximum Gasteiger partial charge on any atom is 0.267 e. The van der Waals surface area contributed by atoms with E-state index in [1.807, 2.05) is 48.5 Å². The van der Waals surface area contributed by atoms with Crippen LogP contribution in [0.2, 0.25) is 0 Å². The van der Waals surface area contributed by atoms with E-state index in [4.69, 9.17) is 4.74 Å². The third-order valence-electron chi connectivity index (χ3n) is 5.26. The van der Waals surface area contributed by atoms with E-state index in [0.717, 1.165) is 18.8 Å². The van der Waals surface area contributed by atoms with Crippen LogP contribution in [0.1, 0.15) is 26.2 Å². The summed E-state index contributed by atoms with van der Waals surface area (Å²) in [7, 11) is 0. The molecule has 2 aliphatic heterocycles. The molecule has 146 valence electrons. The van der Waals surface area contributed by atoms with Crippen LogP contribution in [0.3, 0.4) is 0 Å². The van der Waals surface area contributed by atoms with E-state index in [-0.39, 0.29) is 18.2 Å². The average Bonchev–Trinajstić information content (AvgIpc) is 3.24. The van der Waals surface area contributed by atoms with Crippen LogP contribution in [-0.2, 0) is 9.59 Å². The zero-order valence-electron chi connectivity index (χ0n) is 16.1. The molecule has 0 aliphatic carbocycles. The van der Waals surface area contributed by atoms with Crippen LogP contribution in [0.5, 0.6) is 5.75 Å². The third kappa shape index (κ3) is 3.81. The molecule has 0 saturated carbocycles. The highest BCUT2D eigenvalue weighted by Gasteiger charge is 2.31. The molecule has 2 amide bonds. The lowest BCUT2D eigenvalue weighted by Gasteiger charge is -2.32. The molecule has 1 unspecified atom stereocenters. The Hall–Kier alpha value is -3.02. The summed E-state index contributed by atoms with van der Waals surface area (Å²) in [5.74, 6) is 0.437. The van der Waals surface area contributed by atoms with Gasteiger partial charge >= 0.3 is 0 Å². The predicted molar refractivity (Wildman–Crippen MR) is 110 cm³/mol. The van der Waals surface area contributed by atoms with Gasteiger partial charge in [0, 0.05) is 37.4 Å². The van der Waals surface area contributed by atoms with Gasteiger partial charge in [0.2, 0.25) is 5.91 Å². The van der Waals surface area contributed by atoms with Gasteiger partial charge in [-0.2, -0.15) is 0 Å². The minimum atomic E-state index is -0.545. The fraction of sp³-hybridized carbons (Fsp3) is 0.364. The Balaban J connectivity index is 1.36. The molecule has 1 atom stereocenters. The normalized spacial score (nSPS) is 18.6. The zero-order valence-corrected chi connectivity index (χ0v) is 16.1. The second-order valence-electron chi connectivity index (χ2n) is 7.26. The molecule has 2 aliphatic rings. The summed E-state index contributed by atoms with van der Waals surface area (Å²) >= 11 is 0. The van der Waals surface area contributed by atoms with Crippen LogP contribution < -0.4 is 19.9 Å². The first-order valence-electron chi connectivity index (χ1n) is 9.84. The van der Waals surface area contributed by atoms with Crippen LogP contribution in [0.25, 0.3) is 0 Å². The standard InChI is InChI=1S/C22H25N3O3/c1-16-22(27)25(19-6-2-3-7-20(19)28-16)15-12-21(26)23-17-8-10-18(11-9-17)24-13-4-5-14-24/h2-3,6-11,16H,4-5,12-15H2,1H3,(H,23,26). The number of carbonyl (C=O) groups is 2. The van der Waals surface area contributed by atoms with Crippen molar-refractivity contribution in [2.24, 2.45) is 0 Å². The van der Waals surface area contributed by atoms with Gasteiger partial charge in [-0.25, -0.2) is 0 Å². The molecule has 6 heteroatoms. The first kappa shape index (κ1) is 18.3. The second kappa shape index (κ2) is 7.92. The van der Waals surface area contributed by atoms with E-state index in [2.05, 4.69) is 10.2 Å². The summed E-state index contributed by atoms with van der Waals surface area (Å²) in [6, 6.07) is 15.4. The summed E-state index contributed by atoms with van der Waals surface area (Å²) in [6.45, 7) is 4.24. The van der Waals surface area contributed by atoms with Crippen molar-refractivity contribution in [1.82, 2.24) is 0 Å². The van der Waals surface area contributed by atoms with Crippen molar-refractivity contribution in [3.63, 3.8) is 0 Å². The minimum absolute atomic E-state index is 0.113. The number of carbonyl (C=O) groups excluding carboxylic acids is 2.